The summed E-state index contributed by atoms with van der Waals surface area (Å²) in [4.78, 5) is 10.1. The fraction of sp³-hybridized carbons (Fsp3) is 0.167. The highest BCUT2D eigenvalue weighted by Gasteiger charge is 2.22. The Bertz CT molecular complexity index is 1270. The molecule has 0 saturated heterocycles. The molecule has 0 aliphatic carbocycles. The molecule has 0 unspecified atom stereocenters. The van der Waals surface area contributed by atoms with Crippen LogP contribution in [0.15, 0.2) is 70.7 Å². The molecule has 164 valence electrons. The van der Waals surface area contributed by atoms with Gasteiger partial charge in [-0.1, -0.05) is 23.4 Å². The second-order valence-electron chi connectivity index (χ2n) is 7.82. The van der Waals surface area contributed by atoms with Crippen LogP contribution in [-0.2, 0) is 12.6 Å². The highest BCUT2D eigenvalue weighted by molar-refractivity contribution is 7.99. The van der Waals surface area contributed by atoms with Crippen LogP contribution >= 0.6 is 23.4 Å². The Labute approximate surface area is 193 Å². The quantitative estimate of drug-likeness (QED) is 0.363. The molecule has 0 fully saturated rings. The first-order valence-corrected chi connectivity index (χ1v) is 11.0. The Morgan fingerprint density at radius 1 is 0.969 bits per heavy atom. The van der Waals surface area contributed by atoms with Gasteiger partial charge in [-0.15, -0.1) is 0 Å². The molecular formula is C24H20ClF2N3OS. The second-order valence-corrected chi connectivity index (χ2v) is 9.32. The highest BCUT2D eigenvalue weighted by Crippen LogP contribution is 2.39. The van der Waals surface area contributed by atoms with Gasteiger partial charge >= 0.3 is 0 Å². The zero-order chi connectivity index (χ0) is 23.0. The van der Waals surface area contributed by atoms with Gasteiger partial charge < -0.3 is 9.67 Å². The summed E-state index contributed by atoms with van der Waals surface area (Å²) in [6.45, 7) is 3.33. The highest BCUT2D eigenvalue weighted by atomic mass is 35.5. The molecule has 4 nitrogen and oxygen atoms in total. The predicted octanol–water partition coefficient (Wildman–Crippen LogP) is 6.46. The fourth-order valence-electron chi connectivity index (χ4n) is 3.19. The average Bonchev–Trinajstić information content (AvgIpc) is 3.07. The van der Waals surface area contributed by atoms with E-state index in [-0.39, 0.29) is 0 Å². The minimum atomic E-state index is -1.07. The lowest BCUT2D eigenvalue weighted by molar-refractivity contribution is 0.0739. The van der Waals surface area contributed by atoms with Gasteiger partial charge in [0.1, 0.15) is 22.1 Å². The molecule has 0 aliphatic heterocycles. The number of nitrogens with zero attached hydrogens (tertiary/aromatic N) is 3. The largest absolute Gasteiger partial charge is 0.384 e. The van der Waals surface area contributed by atoms with Crippen molar-refractivity contribution in [3.05, 3.63) is 83.1 Å². The standard InChI is InChI=1S/C24H20ClF2N3OS/c1-24(2,31)20-11-5-15(13-28-20)21-23(32-17-8-6-16(25)7-9-17)30(3)22(29-21)14-4-10-18(26)19(27)12-14/h4-13,31H,1-3H3. The number of aromatic nitrogens is 3. The topological polar surface area (TPSA) is 50.9 Å². The van der Waals surface area contributed by atoms with Gasteiger partial charge in [0.05, 0.1) is 5.69 Å². The van der Waals surface area contributed by atoms with E-state index in [1.807, 2.05) is 29.8 Å². The van der Waals surface area contributed by atoms with Gasteiger partial charge in [0, 0.05) is 34.3 Å². The third kappa shape index (κ3) is 4.55. The van der Waals surface area contributed by atoms with Crippen molar-refractivity contribution >= 4 is 23.4 Å². The summed E-state index contributed by atoms with van der Waals surface area (Å²) in [6.07, 6.45) is 1.65. The van der Waals surface area contributed by atoms with Crippen LogP contribution in [0.1, 0.15) is 19.5 Å². The van der Waals surface area contributed by atoms with E-state index >= 15 is 0 Å². The van der Waals surface area contributed by atoms with Crippen LogP contribution in [0.3, 0.4) is 0 Å². The minimum Gasteiger partial charge on any atom is -0.384 e. The molecule has 32 heavy (non-hydrogen) atoms. The normalized spacial score (nSPS) is 11.7. The van der Waals surface area contributed by atoms with Crippen molar-refractivity contribution in [2.75, 3.05) is 0 Å². The first-order chi connectivity index (χ1) is 15.1. The van der Waals surface area contributed by atoms with E-state index in [0.717, 1.165) is 27.6 Å². The van der Waals surface area contributed by atoms with E-state index in [4.69, 9.17) is 16.6 Å². The molecule has 4 rings (SSSR count). The molecule has 0 spiro atoms. The van der Waals surface area contributed by atoms with Crippen LogP contribution in [0.2, 0.25) is 5.02 Å². The molecular weight excluding hydrogens is 452 g/mol. The number of hydrogen-bond donors (Lipinski definition) is 1. The smallest absolute Gasteiger partial charge is 0.159 e. The summed E-state index contributed by atoms with van der Waals surface area (Å²) >= 11 is 7.49. The number of hydrogen-bond acceptors (Lipinski definition) is 4. The summed E-state index contributed by atoms with van der Waals surface area (Å²) in [5.41, 5.74) is 1.29. The zero-order valence-electron chi connectivity index (χ0n) is 17.6. The number of pyridine rings is 1. The predicted molar refractivity (Wildman–Crippen MR) is 123 cm³/mol. The first-order valence-electron chi connectivity index (χ1n) is 9.78. The molecule has 2 aromatic carbocycles. The number of aliphatic hydroxyl groups is 1. The Balaban J connectivity index is 1.84. The molecule has 0 radical (unpaired) electrons. The summed E-state index contributed by atoms with van der Waals surface area (Å²) < 4.78 is 29.2. The maximum Gasteiger partial charge on any atom is 0.159 e. The lowest BCUT2D eigenvalue weighted by atomic mass is 10.0. The van der Waals surface area contributed by atoms with Crippen LogP contribution in [0.25, 0.3) is 22.6 Å². The molecule has 4 aromatic rings. The van der Waals surface area contributed by atoms with Crippen LogP contribution in [0.5, 0.6) is 0 Å². The van der Waals surface area contributed by atoms with Crippen molar-refractivity contribution < 1.29 is 13.9 Å². The maximum absolute atomic E-state index is 13.9. The van der Waals surface area contributed by atoms with Gasteiger partial charge in [-0.3, -0.25) is 4.98 Å². The molecule has 0 bridgehead atoms. The third-order valence-electron chi connectivity index (χ3n) is 4.91. The van der Waals surface area contributed by atoms with E-state index in [9.17, 15) is 13.9 Å². The van der Waals surface area contributed by atoms with Crippen molar-refractivity contribution in [2.45, 2.75) is 29.4 Å². The molecule has 0 aliphatic rings. The molecule has 0 amide bonds. The third-order valence-corrected chi connectivity index (χ3v) is 6.33. The van der Waals surface area contributed by atoms with E-state index in [1.165, 1.54) is 17.8 Å². The number of benzene rings is 2. The van der Waals surface area contributed by atoms with Crippen LogP contribution in [0, 0.1) is 11.6 Å². The second kappa shape index (κ2) is 8.65. The lowest BCUT2D eigenvalue weighted by Gasteiger charge is -2.16. The summed E-state index contributed by atoms with van der Waals surface area (Å²) in [7, 11) is 1.82. The number of halogens is 3. The average molecular weight is 472 g/mol. The van der Waals surface area contributed by atoms with Crippen molar-refractivity contribution in [2.24, 2.45) is 7.05 Å². The SMILES string of the molecule is Cn1c(-c2ccc(F)c(F)c2)nc(-c2ccc(C(C)(C)O)nc2)c1Sc1ccc(Cl)cc1. The Morgan fingerprint density at radius 2 is 1.66 bits per heavy atom. The minimum absolute atomic E-state index is 0.455. The van der Waals surface area contributed by atoms with Crippen LogP contribution in [0.4, 0.5) is 8.78 Å². The van der Waals surface area contributed by atoms with Gasteiger partial charge in [-0.25, -0.2) is 13.8 Å². The first kappa shape index (κ1) is 22.5. The van der Waals surface area contributed by atoms with Gasteiger partial charge in [0.2, 0.25) is 0 Å². The van der Waals surface area contributed by atoms with Gasteiger partial charge in [-0.2, -0.15) is 0 Å². The molecule has 2 heterocycles. The summed E-state index contributed by atoms with van der Waals surface area (Å²) in [6, 6.07) is 14.7. The Kier molecular flexibility index (Phi) is 6.07. The molecule has 2 aromatic heterocycles. The molecule has 0 saturated carbocycles. The van der Waals surface area contributed by atoms with Crippen molar-refractivity contribution in [1.82, 2.24) is 14.5 Å². The van der Waals surface area contributed by atoms with E-state index in [2.05, 4.69) is 4.98 Å². The Morgan fingerprint density at radius 3 is 2.25 bits per heavy atom. The monoisotopic (exact) mass is 471 g/mol. The van der Waals surface area contributed by atoms with E-state index < -0.39 is 17.2 Å². The maximum atomic E-state index is 13.9. The lowest BCUT2D eigenvalue weighted by Crippen LogP contribution is -2.17. The zero-order valence-corrected chi connectivity index (χ0v) is 19.2. The van der Waals surface area contributed by atoms with E-state index in [0.29, 0.717) is 27.8 Å². The van der Waals surface area contributed by atoms with Crippen molar-refractivity contribution in [1.29, 1.82) is 0 Å². The molecule has 0 atom stereocenters. The van der Waals surface area contributed by atoms with Crippen molar-refractivity contribution in [3.63, 3.8) is 0 Å². The van der Waals surface area contributed by atoms with Crippen LogP contribution < -0.4 is 0 Å². The van der Waals surface area contributed by atoms with Crippen LogP contribution in [-0.4, -0.2) is 19.6 Å². The van der Waals surface area contributed by atoms with E-state index in [1.54, 1.807) is 38.2 Å². The molecule has 8 heteroatoms. The van der Waals surface area contributed by atoms with Gasteiger partial charge in [0.25, 0.3) is 0 Å². The Hall–Kier alpha value is -2.74. The van der Waals surface area contributed by atoms with Crippen molar-refractivity contribution in [3.8, 4) is 22.6 Å². The molecule has 1 N–H and O–H groups in total. The number of rotatable bonds is 5. The number of imidazole rings is 1. The van der Waals surface area contributed by atoms with Gasteiger partial charge in [-0.05, 0) is 68.4 Å². The summed E-state index contributed by atoms with van der Waals surface area (Å²) in [5.74, 6) is -1.36. The summed E-state index contributed by atoms with van der Waals surface area (Å²) in [5, 5.41) is 11.6. The fourth-order valence-corrected chi connectivity index (χ4v) is 4.30. The van der Waals surface area contributed by atoms with Gasteiger partial charge in [0.15, 0.2) is 11.6 Å².